The average Bonchev–Trinajstić information content (AvgIpc) is 3.53. The van der Waals surface area contributed by atoms with Crippen LogP contribution in [0.4, 0.5) is 5.13 Å². The Morgan fingerprint density at radius 2 is 2.00 bits per heavy atom. The molecule has 1 atom stereocenters. The number of carbonyl (C=O) groups excluding carboxylic acids is 2. The lowest BCUT2D eigenvalue weighted by Crippen LogP contribution is -2.30. The zero-order chi connectivity index (χ0) is 23.3. The van der Waals surface area contributed by atoms with Gasteiger partial charge in [0.1, 0.15) is 0 Å². The van der Waals surface area contributed by atoms with Crippen molar-refractivity contribution in [2.45, 2.75) is 6.04 Å². The quantitative estimate of drug-likeness (QED) is 0.352. The number of hydrogen-bond acceptors (Lipinski definition) is 8. The first-order chi connectivity index (χ1) is 15.9. The first kappa shape index (κ1) is 21.4. The average molecular weight is 499 g/mol. The molecule has 0 fully saturated rings. The van der Waals surface area contributed by atoms with E-state index >= 15 is 0 Å². The molecule has 5 rings (SSSR count). The minimum atomic E-state index is -0.974. The van der Waals surface area contributed by atoms with Gasteiger partial charge < -0.3 is 14.9 Å². The maximum absolute atomic E-state index is 13.4. The molecule has 3 heterocycles. The third kappa shape index (κ3) is 3.54. The number of anilines is 1. The fourth-order valence-corrected chi connectivity index (χ4v) is 5.69. The molecule has 1 aliphatic rings. The summed E-state index contributed by atoms with van der Waals surface area (Å²) in [5.41, 5.74) is 1.04. The maximum atomic E-state index is 13.4. The number of ether oxygens (including phenoxy) is 1. The number of aromatic nitrogens is 1. The van der Waals surface area contributed by atoms with Crippen molar-refractivity contribution in [3.8, 4) is 11.5 Å². The number of thiophene rings is 1. The number of halogens is 1. The van der Waals surface area contributed by atoms with Crippen molar-refractivity contribution in [2.24, 2.45) is 0 Å². The van der Waals surface area contributed by atoms with Gasteiger partial charge in [-0.3, -0.25) is 14.5 Å². The van der Waals surface area contributed by atoms with Crippen molar-refractivity contribution >= 4 is 61.3 Å². The second-order valence-corrected chi connectivity index (χ2v) is 9.58. The Labute approximate surface area is 200 Å². The number of hydrogen-bond donors (Lipinski definition) is 2. The lowest BCUT2D eigenvalue weighted by Gasteiger charge is -2.24. The van der Waals surface area contributed by atoms with Crippen LogP contribution in [0, 0.1) is 0 Å². The predicted molar refractivity (Wildman–Crippen MR) is 128 cm³/mol. The van der Waals surface area contributed by atoms with Gasteiger partial charge in [-0.1, -0.05) is 35.1 Å². The number of Topliss-reactive ketones (excluding diaryl/α,β-unsaturated/α-hetero) is 1. The number of aliphatic hydroxyl groups is 1. The number of aromatic hydroxyl groups is 1. The van der Waals surface area contributed by atoms with Crippen LogP contribution < -0.4 is 9.64 Å². The van der Waals surface area contributed by atoms with Crippen molar-refractivity contribution in [1.82, 2.24) is 4.98 Å². The molecule has 0 saturated carbocycles. The molecule has 0 spiro atoms. The summed E-state index contributed by atoms with van der Waals surface area (Å²) in [5.74, 6) is -1.75. The summed E-state index contributed by atoms with van der Waals surface area (Å²) in [4.78, 5) is 32.9. The Hall–Kier alpha value is -3.40. The summed E-state index contributed by atoms with van der Waals surface area (Å²) in [6.07, 6.45) is 0. The Kier molecular flexibility index (Phi) is 5.32. The Bertz CT molecular complexity index is 1440. The van der Waals surface area contributed by atoms with Crippen LogP contribution in [0.3, 0.4) is 0 Å². The van der Waals surface area contributed by atoms with E-state index in [4.69, 9.17) is 16.3 Å². The molecule has 33 heavy (non-hydrogen) atoms. The van der Waals surface area contributed by atoms with E-state index in [9.17, 15) is 19.8 Å². The first-order valence-corrected chi connectivity index (χ1v) is 11.7. The van der Waals surface area contributed by atoms with Crippen LogP contribution in [0.2, 0.25) is 5.02 Å². The summed E-state index contributed by atoms with van der Waals surface area (Å²) >= 11 is 8.54. The van der Waals surface area contributed by atoms with Crippen LogP contribution in [0.15, 0.2) is 65.2 Å². The summed E-state index contributed by atoms with van der Waals surface area (Å²) in [6, 6.07) is 12.1. The van der Waals surface area contributed by atoms with E-state index in [0.717, 1.165) is 4.70 Å². The third-order valence-electron chi connectivity index (χ3n) is 5.26. The number of aliphatic hydroxyl groups excluding tert-OH is 1. The van der Waals surface area contributed by atoms with E-state index in [1.54, 1.807) is 41.8 Å². The van der Waals surface area contributed by atoms with Gasteiger partial charge in [-0.15, -0.1) is 11.3 Å². The number of methoxy groups -OCH3 is 1. The summed E-state index contributed by atoms with van der Waals surface area (Å²) < 4.78 is 5.98. The van der Waals surface area contributed by atoms with Gasteiger partial charge in [0, 0.05) is 5.02 Å². The largest absolute Gasteiger partial charge is 0.504 e. The van der Waals surface area contributed by atoms with Crippen LogP contribution in [0.25, 0.3) is 10.2 Å². The molecule has 1 unspecified atom stereocenters. The molecule has 166 valence electrons. The molecule has 0 saturated heterocycles. The molecule has 2 aromatic heterocycles. The molecule has 4 aromatic rings. The highest BCUT2D eigenvalue weighted by Crippen LogP contribution is 2.46. The lowest BCUT2D eigenvalue weighted by molar-refractivity contribution is -0.117. The minimum Gasteiger partial charge on any atom is -0.504 e. The minimum absolute atomic E-state index is 0.0625. The number of phenolic OH excluding ortho intramolecular Hbond substituents is 1. The monoisotopic (exact) mass is 498 g/mol. The first-order valence-electron chi connectivity index (χ1n) is 9.67. The molecule has 10 heteroatoms. The molecule has 1 aliphatic heterocycles. The second-order valence-electron chi connectivity index (χ2n) is 7.19. The van der Waals surface area contributed by atoms with Gasteiger partial charge in [0.25, 0.3) is 5.91 Å². The van der Waals surface area contributed by atoms with E-state index < -0.39 is 23.5 Å². The predicted octanol–water partition coefficient (Wildman–Crippen LogP) is 5.51. The zero-order valence-corrected chi connectivity index (χ0v) is 19.4. The number of thiazole rings is 1. The van der Waals surface area contributed by atoms with E-state index in [0.29, 0.717) is 26.1 Å². The van der Waals surface area contributed by atoms with E-state index in [-0.39, 0.29) is 17.1 Å². The molecule has 0 aliphatic carbocycles. The Morgan fingerprint density at radius 3 is 2.73 bits per heavy atom. The van der Waals surface area contributed by atoms with Gasteiger partial charge >= 0.3 is 0 Å². The van der Waals surface area contributed by atoms with Crippen LogP contribution in [-0.2, 0) is 4.79 Å². The van der Waals surface area contributed by atoms with Crippen molar-refractivity contribution in [1.29, 1.82) is 0 Å². The highest BCUT2D eigenvalue weighted by atomic mass is 35.5. The van der Waals surface area contributed by atoms with Gasteiger partial charge in [-0.05, 0) is 47.3 Å². The van der Waals surface area contributed by atoms with Crippen LogP contribution in [0.5, 0.6) is 11.5 Å². The molecule has 2 N–H and O–H groups in total. The number of carbonyl (C=O) groups is 2. The number of ketones is 1. The van der Waals surface area contributed by atoms with Gasteiger partial charge in [0.05, 0.1) is 33.8 Å². The number of fused-ring (bicyclic) bond motifs is 1. The summed E-state index contributed by atoms with van der Waals surface area (Å²) in [6.45, 7) is 0. The maximum Gasteiger partial charge on any atom is 0.296 e. The number of phenols is 1. The van der Waals surface area contributed by atoms with Crippen molar-refractivity contribution in [3.05, 3.63) is 80.7 Å². The standard InChI is InChI=1S/C23H15ClN2O5S2/c1-31-15-9-11(4-7-14(15)27)19-18(20(28)16-3-2-8-32-16)21(29)22(30)26(19)23-25-13-6-5-12(24)10-17(13)33-23/h2-10,19,27,29H,1H3. The molecule has 7 nitrogen and oxygen atoms in total. The second kappa shape index (κ2) is 8.18. The SMILES string of the molecule is COc1cc(C2C(C(=O)c3cccs3)=C(O)C(=O)N2c2nc3ccc(Cl)cc3s2)ccc1O. The summed E-state index contributed by atoms with van der Waals surface area (Å²) in [5, 5.41) is 23.5. The molecule has 1 amide bonds. The van der Waals surface area contributed by atoms with Gasteiger partial charge in [0.15, 0.2) is 22.4 Å². The lowest BCUT2D eigenvalue weighted by atomic mass is 9.95. The fraction of sp³-hybridized carbons (Fsp3) is 0.0870. The van der Waals surface area contributed by atoms with Crippen LogP contribution >= 0.6 is 34.3 Å². The number of benzene rings is 2. The summed E-state index contributed by atoms with van der Waals surface area (Å²) in [7, 11) is 1.40. The zero-order valence-electron chi connectivity index (χ0n) is 17.0. The van der Waals surface area contributed by atoms with Crippen molar-refractivity contribution < 1.29 is 24.5 Å². The highest BCUT2D eigenvalue weighted by molar-refractivity contribution is 7.22. The fourth-order valence-electron chi connectivity index (χ4n) is 3.74. The Balaban J connectivity index is 1.70. The van der Waals surface area contributed by atoms with Gasteiger partial charge in [-0.2, -0.15) is 0 Å². The van der Waals surface area contributed by atoms with E-state index in [1.807, 2.05) is 0 Å². The highest BCUT2D eigenvalue weighted by Gasteiger charge is 2.46. The molecular formula is C23H15ClN2O5S2. The van der Waals surface area contributed by atoms with Crippen LogP contribution in [0.1, 0.15) is 21.3 Å². The van der Waals surface area contributed by atoms with Gasteiger partial charge in [0.2, 0.25) is 5.78 Å². The molecule has 0 radical (unpaired) electrons. The van der Waals surface area contributed by atoms with Crippen molar-refractivity contribution in [3.63, 3.8) is 0 Å². The van der Waals surface area contributed by atoms with E-state index in [2.05, 4.69) is 4.98 Å². The number of rotatable bonds is 5. The van der Waals surface area contributed by atoms with E-state index in [1.165, 1.54) is 46.8 Å². The molecule has 2 aromatic carbocycles. The van der Waals surface area contributed by atoms with Crippen molar-refractivity contribution in [2.75, 3.05) is 12.0 Å². The Morgan fingerprint density at radius 1 is 1.18 bits per heavy atom. The van der Waals surface area contributed by atoms with Gasteiger partial charge in [-0.25, -0.2) is 4.98 Å². The van der Waals surface area contributed by atoms with Crippen LogP contribution in [-0.4, -0.2) is 34.0 Å². The molecule has 0 bridgehead atoms. The third-order valence-corrected chi connectivity index (χ3v) is 7.38. The normalized spacial score (nSPS) is 16.1. The molecular weight excluding hydrogens is 484 g/mol. The number of nitrogens with zero attached hydrogens (tertiary/aromatic N) is 2. The topological polar surface area (TPSA) is 100.0 Å². The smallest absolute Gasteiger partial charge is 0.296 e. The number of amides is 1.